The maximum atomic E-state index is 13.7. The van der Waals surface area contributed by atoms with Gasteiger partial charge in [0.2, 0.25) is 0 Å². The van der Waals surface area contributed by atoms with Crippen LogP contribution in [0.2, 0.25) is 0 Å². The molecule has 0 bridgehead atoms. The van der Waals surface area contributed by atoms with Gasteiger partial charge in [-0.05, 0) is 57.5 Å². The van der Waals surface area contributed by atoms with Gasteiger partial charge in [-0.2, -0.15) is 13.2 Å². The molecule has 1 heterocycles. The third kappa shape index (κ3) is 3.21. The van der Waals surface area contributed by atoms with E-state index in [-0.39, 0.29) is 0 Å². The van der Waals surface area contributed by atoms with Crippen LogP contribution in [-0.4, -0.2) is 23.5 Å². The largest absolute Gasteiger partial charge is 0.419 e. The second-order valence-corrected chi connectivity index (χ2v) is 6.06. The van der Waals surface area contributed by atoms with Crippen LogP contribution in [0.15, 0.2) is 18.2 Å². The second-order valence-electron chi connectivity index (χ2n) is 6.06. The van der Waals surface area contributed by atoms with Gasteiger partial charge in [-0.3, -0.25) is 4.90 Å². The fourth-order valence-corrected chi connectivity index (χ4v) is 2.85. The molecule has 1 unspecified atom stereocenters. The Kier molecular flexibility index (Phi) is 4.31. The first-order valence-corrected chi connectivity index (χ1v) is 7.01. The highest BCUT2D eigenvalue weighted by Gasteiger charge is 2.38. The highest BCUT2D eigenvalue weighted by molar-refractivity contribution is 5.30. The highest BCUT2D eigenvalue weighted by atomic mass is 19.4. The summed E-state index contributed by atoms with van der Waals surface area (Å²) < 4.78 is 51.4. The molecule has 0 amide bonds. The van der Waals surface area contributed by atoms with Crippen molar-refractivity contribution in [2.45, 2.75) is 44.4 Å². The molecule has 1 aromatic carbocycles. The average molecular weight is 304 g/mol. The lowest BCUT2D eigenvalue weighted by atomic mass is 9.87. The van der Waals surface area contributed by atoms with Gasteiger partial charge in [0.05, 0.1) is 5.56 Å². The molecule has 2 N–H and O–H groups in total. The number of halogens is 4. The number of alkyl halides is 3. The molecule has 2 rings (SSSR count). The van der Waals surface area contributed by atoms with E-state index in [2.05, 4.69) is 4.90 Å². The molecule has 1 fully saturated rings. The molecule has 0 aromatic heterocycles. The van der Waals surface area contributed by atoms with Crippen LogP contribution in [-0.2, 0) is 6.18 Å². The molecule has 1 aromatic rings. The lowest BCUT2D eigenvalue weighted by molar-refractivity contribution is -0.140. The molecule has 1 saturated heterocycles. The minimum atomic E-state index is -4.68. The van der Waals surface area contributed by atoms with Crippen molar-refractivity contribution in [2.75, 3.05) is 13.1 Å². The molecule has 6 heteroatoms. The van der Waals surface area contributed by atoms with E-state index in [1.807, 2.05) is 13.8 Å². The monoisotopic (exact) mass is 304 g/mol. The van der Waals surface area contributed by atoms with E-state index in [9.17, 15) is 17.6 Å². The Morgan fingerprint density at radius 2 is 1.71 bits per heavy atom. The molecule has 21 heavy (non-hydrogen) atoms. The summed E-state index contributed by atoms with van der Waals surface area (Å²) in [5.41, 5.74) is 4.90. The summed E-state index contributed by atoms with van der Waals surface area (Å²) in [5, 5.41) is 0. The van der Waals surface area contributed by atoms with E-state index in [4.69, 9.17) is 5.73 Å². The van der Waals surface area contributed by atoms with Crippen LogP contribution >= 0.6 is 0 Å². The van der Waals surface area contributed by atoms with Crippen LogP contribution in [0.3, 0.4) is 0 Å². The van der Waals surface area contributed by atoms with Gasteiger partial charge >= 0.3 is 6.18 Å². The summed E-state index contributed by atoms with van der Waals surface area (Å²) in [7, 11) is 0. The molecule has 1 atom stereocenters. The fourth-order valence-electron chi connectivity index (χ4n) is 2.85. The van der Waals surface area contributed by atoms with E-state index in [1.54, 1.807) is 0 Å². The normalized spacial score (nSPS) is 19.0. The third-order valence-corrected chi connectivity index (χ3v) is 4.34. The zero-order chi connectivity index (χ0) is 15.8. The van der Waals surface area contributed by atoms with E-state index >= 15 is 0 Å². The zero-order valence-corrected chi connectivity index (χ0v) is 12.2. The van der Waals surface area contributed by atoms with Gasteiger partial charge in [0.25, 0.3) is 0 Å². The molecular formula is C15H20F4N2. The SMILES string of the molecule is CC(C)(C(N)c1ccc(C(F)(F)F)c(F)c1)N1CCCC1. The van der Waals surface area contributed by atoms with Gasteiger partial charge in [0.1, 0.15) is 5.82 Å². The molecule has 118 valence electrons. The quantitative estimate of drug-likeness (QED) is 0.862. The predicted molar refractivity (Wildman–Crippen MR) is 73.2 cm³/mol. The fraction of sp³-hybridized carbons (Fsp3) is 0.600. The molecule has 0 radical (unpaired) electrons. The summed E-state index contributed by atoms with van der Waals surface area (Å²) in [4.78, 5) is 2.20. The second kappa shape index (κ2) is 5.57. The molecule has 2 nitrogen and oxygen atoms in total. The summed E-state index contributed by atoms with van der Waals surface area (Å²) in [5.74, 6) is -1.27. The predicted octanol–water partition coefficient (Wildman–Crippen LogP) is 3.72. The summed E-state index contributed by atoms with van der Waals surface area (Å²) in [6.45, 7) is 5.70. The van der Waals surface area contributed by atoms with Gasteiger partial charge in [0.15, 0.2) is 0 Å². The van der Waals surface area contributed by atoms with Crippen molar-refractivity contribution in [2.24, 2.45) is 5.73 Å². The van der Waals surface area contributed by atoms with Crippen molar-refractivity contribution >= 4 is 0 Å². The first-order chi connectivity index (χ1) is 9.64. The van der Waals surface area contributed by atoms with Crippen molar-refractivity contribution < 1.29 is 17.6 Å². The van der Waals surface area contributed by atoms with Crippen molar-refractivity contribution in [1.29, 1.82) is 0 Å². The van der Waals surface area contributed by atoms with Crippen LogP contribution in [0, 0.1) is 5.82 Å². The van der Waals surface area contributed by atoms with Gasteiger partial charge in [0, 0.05) is 11.6 Å². The van der Waals surface area contributed by atoms with Gasteiger partial charge in [-0.15, -0.1) is 0 Å². The van der Waals surface area contributed by atoms with Crippen LogP contribution < -0.4 is 5.73 Å². The van der Waals surface area contributed by atoms with E-state index in [0.29, 0.717) is 5.56 Å². The van der Waals surface area contributed by atoms with Gasteiger partial charge < -0.3 is 5.73 Å². The summed E-state index contributed by atoms with van der Waals surface area (Å²) in [6, 6.07) is 2.40. The Labute approximate surface area is 121 Å². The molecule has 0 saturated carbocycles. The minimum Gasteiger partial charge on any atom is -0.322 e. The number of nitrogens with two attached hydrogens (primary N) is 1. The number of hydrogen-bond donors (Lipinski definition) is 1. The maximum absolute atomic E-state index is 13.7. The van der Waals surface area contributed by atoms with E-state index in [0.717, 1.165) is 38.1 Å². The van der Waals surface area contributed by atoms with Gasteiger partial charge in [-0.1, -0.05) is 6.07 Å². The zero-order valence-electron chi connectivity index (χ0n) is 12.2. The van der Waals surface area contributed by atoms with Crippen LogP contribution in [0.1, 0.15) is 43.9 Å². The number of benzene rings is 1. The van der Waals surface area contributed by atoms with Crippen LogP contribution in [0.4, 0.5) is 17.6 Å². The Hall–Kier alpha value is -1.14. The molecule has 1 aliphatic heterocycles. The number of rotatable bonds is 3. The van der Waals surface area contributed by atoms with Gasteiger partial charge in [-0.25, -0.2) is 4.39 Å². The van der Waals surface area contributed by atoms with Crippen molar-refractivity contribution in [3.05, 3.63) is 35.1 Å². The Balaban J connectivity index is 2.27. The van der Waals surface area contributed by atoms with Crippen molar-refractivity contribution in [1.82, 2.24) is 4.90 Å². The van der Waals surface area contributed by atoms with Crippen molar-refractivity contribution in [3.8, 4) is 0 Å². The Morgan fingerprint density at radius 3 is 2.19 bits per heavy atom. The third-order valence-electron chi connectivity index (χ3n) is 4.34. The Morgan fingerprint density at radius 1 is 1.14 bits per heavy atom. The maximum Gasteiger partial charge on any atom is 0.419 e. The van der Waals surface area contributed by atoms with Crippen LogP contribution in [0.25, 0.3) is 0 Å². The highest BCUT2D eigenvalue weighted by Crippen LogP contribution is 2.35. The topological polar surface area (TPSA) is 29.3 Å². The Bertz CT molecular complexity index is 505. The van der Waals surface area contributed by atoms with Crippen molar-refractivity contribution in [3.63, 3.8) is 0 Å². The molecule has 0 spiro atoms. The minimum absolute atomic E-state index is 0.386. The van der Waals surface area contributed by atoms with E-state index < -0.39 is 29.1 Å². The molecule has 1 aliphatic rings. The summed E-state index contributed by atoms with van der Waals surface area (Å²) in [6.07, 6.45) is -2.52. The summed E-state index contributed by atoms with van der Waals surface area (Å²) >= 11 is 0. The van der Waals surface area contributed by atoms with Crippen LogP contribution in [0.5, 0.6) is 0 Å². The van der Waals surface area contributed by atoms with E-state index in [1.165, 1.54) is 6.07 Å². The lowest BCUT2D eigenvalue weighted by Gasteiger charge is -2.40. The number of nitrogens with zero attached hydrogens (tertiary/aromatic N) is 1. The molecular weight excluding hydrogens is 284 g/mol. The smallest absolute Gasteiger partial charge is 0.322 e. The molecule has 0 aliphatic carbocycles. The number of likely N-dealkylation sites (tertiary alicyclic amines) is 1. The first kappa shape index (κ1) is 16.2. The number of hydrogen-bond acceptors (Lipinski definition) is 2. The first-order valence-electron chi connectivity index (χ1n) is 7.01. The standard InChI is InChI=1S/C15H20F4N2/c1-14(2,21-7-3-4-8-21)13(20)10-5-6-11(12(16)9-10)15(17,18)19/h5-6,9,13H,3-4,7-8,20H2,1-2H3. The lowest BCUT2D eigenvalue weighted by Crippen LogP contribution is -2.49. The average Bonchev–Trinajstić information content (AvgIpc) is 2.90.